The quantitative estimate of drug-likeness (QED) is 0.179. The number of nitrogens with one attached hydrogen (secondary N) is 1. The molecule has 1 atom stereocenters. The van der Waals surface area contributed by atoms with Crippen molar-refractivity contribution in [2.45, 2.75) is 6.17 Å². The van der Waals surface area contributed by atoms with Crippen molar-refractivity contribution in [1.29, 1.82) is 0 Å². The van der Waals surface area contributed by atoms with E-state index >= 15 is 0 Å². The molecular weight excluding hydrogens is 605 g/mol. The molecule has 0 fully saturated rings. The molecular formula is C42H30N6O. The molecule has 0 spiro atoms. The van der Waals surface area contributed by atoms with Crippen molar-refractivity contribution in [1.82, 2.24) is 9.99 Å². The van der Waals surface area contributed by atoms with Gasteiger partial charge in [-0.2, -0.15) is 5.10 Å². The molecule has 7 nitrogen and oxygen atoms in total. The minimum atomic E-state index is -0.639. The fraction of sp³-hybridized carbons (Fsp3) is 0.0238. The van der Waals surface area contributed by atoms with E-state index in [0.717, 1.165) is 66.0 Å². The summed E-state index contributed by atoms with van der Waals surface area (Å²) in [6.45, 7) is 0. The lowest BCUT2D eigenvalue weighted by Crippen LogP contribution is -2.38. The van der Waals surface area contributed by atoms with Gasteiger partial charge in [0.25, 0.3) is 0 Å². The molecule has 0 amide bonds. The van der Waals surface area contributed by atoms with Gasteiger partial charge in [-0.05, 0) is 35.4 Å². The Hall–Kier alpha value is -6.73. The average Bonchev–Trinajstić information content (AvgIpc) is 3.71. The molecule has 1 aliphatic heterocycles. The second-order valence-electron chi connectivity index (χ2n) is 11.9. The van der Waals surface area contributed by atoms with E-state index in [1.54, 1.807) is 6.21 Å². The fourth-order valence-corrected chi connectivity index (χ4v) is 6.61. The third-order valence-corrected chi connectivity index (χ3v) is 9.00. The van der Waals surface area contributed by atoms with Gasteiger partial charge in [-0.3, -0.25) is 0 Å². The molecule has 0 saturated carbocycles. The predicted octanol–water partition coefficient (Wildman–Crippen LogP) is 8.86. The number of aliphatic imine (C=N–C) groups is 2. The Bertz CT molecular complexity index is 2650. The first-order chi connectivity index (χ1) is 24.2. The number of hydrogen-bond donors (Lipinski definition) is 2. The van der Waals surface area contributed by atoms with E-state index in [4.69, 9.17) is 25.2 Å². The highest BCUT2D eigenvalue weighted by atomic mass is 16.3. The van der Waals surface area contributed by atoms with Crippen molar-refractivity contribution in [3.63, 3.8) is 0 Å². The van der Waals surface area contributed by atoms with Crippen LogP contribution in [0, 0.1) is 0 Å². The summed E-state index contributed by atoms with van der Waals surface area (Å²) >= 11 is 0. The van der Waals surface area contributed by atoms with Crippen LogP contribution in [0.4, 0.5) is 0 Å². The van der Waals surface area contributed by atoms with E-state index in [1.165, 1.54) is 6.20 Å². The molecule has 3 N–H and O–H groups in total. The van der Waals surface area contributed by atoms with Gasteiger partial charge >= 0.3 is 0 Å². The molecule has 3 heterocycles. The molecule has 2 aromatic heterocycles. The molecule has 9 rings (SSSR count). The smallest absolute Gasteiger partial charge is 0.172 e. The second kappa shape index (κ2) is 11.8. The van der Waals surface area contributed by atoms with E-state index in [1.807, 2.05) is 89.6 Å². The van der Waals surface area contributed by atoms with Crippen LogP contribution in [0.15, 0.2) is 177 Å². The summed E-state index contributed by atoms with van der Waals surface area (Å²) in [5, 5.41) is 12.8. The molecule has 49 heavy (non-hydrogen) atoms. The number of nitrogens with two attached hydrogens (primary N) is 1. The van der Waals surface area contributed by atoms with E-state index in [0.29, 0.717) is 17.2 Å². The van der Waals surface area contributed by atoms with Gasteiger partial charge < -0.3 is 15.5 Å². The lowest BCUT2D eigenvalue weighted by Gasteiger charge is -2.22. The van der Waals surface area contributed by atoms with Gasteiger partial charge in [-0.25, -0.2) is 14.7 Å². The van der Waals surface area contributed by atoms with Gasteiger partial charge in [0.15, 0.2) is 11.7 Å². The number of rotatable bonds is 6. The number of benzene rings is 6. The zero-order chi connectivity index (χ0) is 32.7. The fourth-order valence-electron chi connectivity index (χ4n) is 6.61. The maximum atomic E-state index is 6.47. The molecule has 234 valence electrons. The minimum absolute atomic E-state index is 0.639. The summed E-state index contributed by atoms with van der Waals surface area (Å²) in [7, 11) is 0. The predicted molar refractivity (Wildman–Crippen MR) is 201 cm³/mol. The third kappa shape index (κ3) is 4.96. The lowest BCUT2D eigenvalue weighted by atomic mass is 10.0. The number of furan rings is 1. The number of hydrogen-bond acceptors (Lipinski definition) is 6. The van der Waals surface area contributed by atoms with E-state index in [9.17, 15) is 0 Å². The molecule has 0 radical (unpaired) electrons. The van der Waals surface area contributed by atoms with Crippen molar-refractivity contribution in [3.8, 4) is 11.1 Å². The SMILES string of the molecule is NC=C(C=Nn1c2ccccc2c2ccc3c4ccccc4oc3c21)C1N=C(c2ccccc2)NC(c2cccc(-c3ccccc3)c2)=N1. The zero-order valence-corrected chi connectivity index (χ0v) is 26.4. The van der Waals surface area contributed by atoms with Crippen molar-refractivity contribution in [2.75, 3.05) is 0 Å². The van der Waals surface area contributed by atoms with Gasteiger partial charge in [-0.1, -0.05) is 121 Å². The Kier molecular flexibility index (Phi) is 6.87. The van der Waals surface area contributed by atoms with Crippen LogP contribution in [0.3, 0.4) is 0 Å². The topological polar surface area (TPSA) is 93.2 Å². The van der Waals surface area contributed by atoms with Crippen LogP contribution < -0.4 is 11.1 Å². The first-order valence-electron chi connectivity index (χ1n) is 16.2. The normalized spacial score (nSPS) is 15.3. The number of fused-ring (bicyclic) bond motifs is 7. The summed E-state index contributed by atoms with van der Waals surface area (Å²) in [5.41, 5.74) is 14.6. The van der Waals surface area contributed by atoms with Gasteiger partial charge in [-0.15, -0.1) is 0 Å². The van der Waals surface area contributed by atoms with E-state index < -0.39 is 6.17 Å². The van der Waals surface area contributed by atoms with Crippen LogP contribution in [-0.4, -0.2) is 28.7 Å². The monoisotopic (exact) mass is 634 g/mol. The highest BCUT2D eigenvalue weighted by Gasteiger charge is 2.23. The van der Waals surface area contributed by atoms with Gasteiger partial charge in [0.2, 0.25) is 0 Å². The van der Waals surface area contributed by atoms with E-state index in [-0.39, 0.29) is 0 Å². The molecule has 7 heteroatoms. The number of aromatic nitrogens is 1. The Balaban J connectivity index is 1.17. The first kappa shape index (κ1) is 28.5. The Morgan fingerprint density at radius 1 is 0.633 bits per heavy atom. The third-order valence-electron chi connectivity index (χ3n) is 9.00. The molecule has 8 aromatic rings. The van der Waals surface area contributed by atoms with Crippen LogP contribution in [0.5, 0.6) is 0 Å². The molecule has 0 saturated heterocycles. The first-order valence-corrected chi connectivity index (χ1v) is 16.2. The zero-order valence-electron chi connectivity index (χ0n) is 26.4. The molecule has 6 aromatic carbocycles. The van der Waals surface area contributed by atoms with Crippen molar-refractivity contribution >= 4 is 61.6 Å². The van der Waals surface area contributed by atoms with Gasteiger partial charge in [0.05, 0.1) is 11.7 Å². The molecule has 1 unspecified atom stereocenters. The maximum absolute atomic E-state index is 6.47. The summed E-state index contributed by atoms with van der Waals surface area (Å²) < 4.78 is 8.41. The van der Waals surface area contributed by atoms with Crippen LogP contribution >= 0.6 is 0 Å². The maximum Gasteiger partial charge on any atom is 0.172 e. The van der Waals surface area contributed by atoms with Crippen molar-refractivity contribution in [2.24, 2.45) is 20.8 Å². The summed E-state index contributed by atoms with van der Waals surface area (Å²) in [6, 6.07) is 49.4. The minimum Gasteiger partial charge on any atom is -0.454 e. The largest absolute Gasteiger partial charge is 0.454 e. The Morgan fingerprint density at radius 3 is 2.06 bits per heavy atom. The number of para-hydroxylation sites is 2. The van der Waals surface area contributed by atoms with Gasteiger partial charge in [0, 0.05) is 44.4 Å². The van der Waals surface area contributed by atoms with Crippen LogP contribution in [0.1, 0.15) is 11.1 Å². The number of amidine groups is 2. The summed E-state index contributed by atoms with van der Waals surface area (Å²) in [5.74, 6) is 1.40. The van der Waals surface area contributed by atoms with Crippen LogP contribution in [0.2, 0.25) is 0 Å². The molecule has 1 aliphatic rings. The standard InChI is InChI=1S/C42H30N6O/c43-25-31(26-44-48-36-20-9-7-18-32(36)34-22-23-35-33-19-8-10-21-37(33)49-39(35)38(34)48)42-46-40(28-14-5-2-6-15-28)45-41(47-42)30-17-11-16-29(24-30)27-12-3-1-4-13-27/h1-26,42H,43H2,(H,45,46,47). The number of nitrogens with zero attached hydrogens (tertiary/aromatic N) is 4. The highest BCUT2D eigenvalue weighted by molar-refractivity contribution is 6.21. The van der Waals surface area contributed by atoms with Crippen LogP contribution in [-0.2, 0) is 0 Å². The Labute approximate surface area is 282 Å². The Morgan fingerprint density at radius 2 is 1.27 bits per heavy atom. The van der Waals surface area contributed by atoms with Gasteiger partial charge in [0.1, 0.15) is 22.8 Å². The van der Waals surface area contributed by atoms with E-state index in [2.05, 4.69) is 66.0 Å². The molecule has 0 aliphatic carbocycles. The average molecular weight is 635 g/mol. The summed E-state index contributed by atoms with van der Waals surface area (Å²) in [6.07, 6.45) is 2.66. The molecule has 0 bridgehead atoms. The second-order valence-corrected chi connectivity index (χ2v) is 11.9. The van der Waals surface area contributed by atoms with Crippen molar-refractivity contribution < 1.29 is 4.42 Å². The van der Waals surface area contributed by atoms with Crippen LogP contribution in [0.25, 0.3) is 54.9 Å². The highest BCUT2D eigenvalue weighted by Crippen LogP contribution is 2.38. The lowest BCUT2D eigenvalue weighted by molar-refractivity contribution is 0.670. The summed E-state index contributed by atoms with van der Waals surface area (Å²) in [4.78, 5) is 10.1. The van der Waals surface area contributed by atoms with Crippen molar-refractivity contribution in [3.05, 3.63) is 168 Å².